The minimum Gasteiger partial charge on any atom is -0.335 e. The van der Waals surface area contributed by atoms with Crippen LogP contribution in [0.3, 0.4) is 0 Å². The average molecular weight is 332 g/mol. The molecule has 19 heavy (non-hydrogen) atoms. The number of rotatable bonds is 2. The molecule has 0 N–H and O–H groups in total. The summed E-state index contributed by atoms with van der Waals surface area (Å²) >= 11 is 3.41. The number of carbonyl (C=O) groups is 1. The molecule has 104 valence electrons. The van der Waals surface area contributed by atoms with E-state index >= 15 is 0 Å². The van der Waals surface area contributed by atoms with Crippen molar-refractivity contribution in [1.82, 2.24) is 4.90 Å². The van der Waals surface area contributed by atoms with E-state index in [1.54, 1.807) is 4.90 Å². The fraction of sp³-hybridized carbons (Fsp3) is 0.500. The van der Waals surface area contributed by atoms with Crippen LogP contribution in [0.1, 0.15) is 36.0 Å². The molecule has 1 aliphatic heterocycles. The third-order valence-electron chi connectivity index (χ3n) is 3.48. The van der Waals surface area contributed by atoms with Crippen molar-refractivity contribution in [3.63, 3.8) is 0 Å². The van der Waals surface area contributed by atoms with Crippen molar-refractivity contribution in [3.8, 4) is 0 Å². The molecule has 0 saturated carbocycles. The number of alkyl halides is 1. The Morgan fingerprint density at radius 1 is 1.32 bits per heavy atom. The summed E-state index contributed by atoms with van der Waals surface area (Å²) in [7, 11) is 0. The van der Waals surface area contributed by atoms with Crippen LogP contribution >= 0.6 is 15.9 Å². The topological polar surface area (TPSA) is 20.3 Å². The zero-order valence-corrected chi connectivity index (χ0v) is 12.1. The second-order valence-corrected chi connectivity index (χ2v) is 5.43. The van der Waals surface area contributed by atoms with Gasteiger partial charge in [0.25, 0.3) is 5.91 Å². The lowest BCUT2D eigenvalue weighted by atomic mass is 10.1. The summed E-state index contributed by atoms with van der Waals surface area (Å²) < 4.78 is 26.6. The average Bonchev–Trinajstić information content (AvgIpc) is 2.63. The molecule has 1 saturated heterocycles. The van der Waals surface area contributed by atoms with Gasteiger partial charge < -0.3 is 4.90 Å². The first-order chi connectivity index (χ1) is 9.13. The molecule has 1 atom stereocenters. The summed E-state index contributed by atoms with van der Waals surface area (Å²) in [5, 5.41) is 0.682. The van der Waals surface area contributed by atoms with Gasteiger partial charge in [0.05, 0.1) is 5.56 Å². The molecule has 0 radical (unpaired) electrons. The quantitative estimate of drug-likeness (QED) is 0.756. The van der Waals surface area contributed by atoms with Gasteiger partial charge in [-0.05, 0) is 25.0 Å². The molecule has 0 aromatic heterocycles. The monoisotopic (exact) mass is 331 g/mol. The van der Waals surface area contributed by atoms with E-state index in [1.165, 1.54) is 6.07 Å². The molecular weight excluding hydrogens is 316 g/mol. The molecule has 0 spiro atoms. The second kappa shape index (κ2) is 6.46. The van der Waals surface area contributed by atoms with E-state index < -0.39 is 11.6 Å². The van der Waals surface area contributed by atoms with Crippen molar-refractivity contribution >= 4 is 21.8 Å². The minimum atomic E-state index is -0.789. The molecular formula is C14H16BrF2NO. The lowest BCUT2D eigenvalue weighted by molar-refractivity contribution is 0.0697. The Kier molecular flexibility index (Phi) is 4.91. The van der Waals surface area contributed by atoms with Crippen molar-refractivity contribution in [1.29, 1.82) is 0 Å². The Balaban J connectivity index is 2.25. The van der Waals surface area contributed by atoms with Gasteiger partial charge in [0.15, 0.2) is 0 Å². The molecule has 5 heteroatoms. The Morgan fingerprint density at radius 2 is 2.11 bits per heavy atom. The van der Waals surface area contributed by atoms with Gasteiger partial charge in [-0.25, -0.2) is 8.78 Å². The van der Waals surface area contributed by atoms with Crippen molar-refractivity contribution in [2.24, 2.45) is 0 Å². The van der Waals surface area contributed by atoms with Crippen molar-refractivity contribution in [3.05, 3.63) is 35.4 Å². The molecule has 1 unspecified atom stereocenters. The van der Waals surface area contributed by atoms with Crippen LogP contribution in [0.25, 0.3) is 0 Å². The van der Waals surface area contributed by atoms with E-state index in [1.807, 2.05) is 0 Å². The number of likely N-dealkylation sites (tertiary alicyclic amines) is 1. The Labute approximate surface area is 119 Å². The SMILES string of the molecule is O=C(c1ccc(F)cc1F)N1CCCCCC1CBr. The molecule has 1 fully saturated rings. The summed E-state index contributed by atoms with van der Waals surface area (Å²) in [6.45, 7) is 0.631. The molecule has 2 rings (SSSR count). The molecule has 1 aromatic carbocycles. The highest BCUT2D eigenvalue weighted by Crippen LogP contribution is 2.22. The number of halogens is 3. The van der Waals surface area contributed by atoms with Gasteiger partial charge >= 0.3 is 0 Å². The second-order valence-electron chi connectivity index (χ2n) is 4.78. The summed E-state index contributed by atoms with van der Waals surface area (Å²) in [6, 6.07) is 3.19. The van der Waals surface area contributed by atoms with Gasteiger partial charge in [0, 0.05) is 24.0 Å². The van der Waals surface area contributed by atoms with Crippen molar-refractivity contribution in [2.45, 2.75) is 31.7 Å². The first-order valence-corrected chi connectivity index (χ1v) is 7.57. The van der Waals surface area contributed by atoms with E-state index in [4.69, 9.17) is 0 Å². The largest absolute Gasteiger partial charge is 0.335 e. The van der Waals surface area contributed by atoms with Gasteiger partial charge in [0.2, 0.25) is 0 Å². The van der Waals surface area contributed by atoms with Crippen LogP contribution in [0, 0.1) is 11.6 Å². The van der Waals surface area contributed by atoms with Gasteiger partial charge in [-0.1, -0.05) is 28.8 Å². The zero-order valence-electron chi connectivity index (χ0n) is 10.5. The molecule has 1 heterocycles. The highest BCUT2D eigenvalue weighted by molar-refractivity contribution is 9.09. The van der Waals surface area contributed by atoms with Crippen LogP contribution in [-0.2, 0) is 0 Å². The maximum Gasteiger partial charge on any atom is 0.257 e. The maximum absolute atomic E-state index is 13.7. The molecule has 1 amide bonds. The number of hydrogen-bond donors (Lipinski definition) is 0. The third-order valence-corrected chi connectivity index (χ3v) is 4.23. The first kappa shape index (κ1) is 14.4. The smallest absolute Gasteiger partial charge is 0.257 e. The van der Waals surface area contributed by atoms with Crippen molar-refractivity contribution in [2.75, 3.05) is 11.9 Å². The van der Waals surface area contributed by atoms with Crippen LogP contribution in [0.15, 0.2) is 18.2 Å². The number of hydrogen-bond acceptors (Lipinski definition) is 1. The fourth-order valence-electron chi connectivity index (χ4n) is 2.42. The van der Waals surface area contributed by atoms with Crippen LogP contribution in [0.2, 0.25) is 0 Å². The summed E-state index contributed by atoms with van der Waals surface area (Å²) in [5.41, 5.74) is -0.0470. The van der Waals surface area contributed by atoms with E-state index in [-0.39, 0.29) is 17.5 Å². The van der Waals surface area contributed by atoms with Gasteiger partial charge in [0.1, 0.15) is 11.6 Å². The predicted molar refractivity (Wildman–Crippen MR) is 73.4 cm³/mol. The third kappa shape index (κ3) is 3.32. The van der Waals surface area contributed by atoms with E-state index in [9.17, 15) is 13.6 Å². The number of nitrogens with zero attached hydrogens (tertiary/aromatic N) is 1. The van der Waals surface area contributed by atoms with E-state index in [2.05, 4.69) is 15.9 Å². The zero-order chi connectivity index (χ0) is 13.8. The number of carbonyl (C=O) groups excluding carboxylic acids is 1. The van der Waals surface area contributed by atoms with Crippen molar-refractivity contribution < 1.29 is 13.6 Å². The standard InChI is InChI=1S/C14H16BrF2NO/c15-9-11-4-2-1-3-7-18(11)14(19)12-6-5-10(16)8-13(12)17/h5-6,8,11H,1-4,7,9H2. The van der Waals surface area contributed by atoms with E-state index in [0.29, 0.717) is 11.9 Å². The van der Waals surface area contributed by atoms with E-state index in [0.717, 1.165) is 37.8 Å². The normalized spacial score (nSPS) is 20.2. The fourth-order valence-corrected chi connectivity index (χ4v) is 3.10. The van der Waals surface area contributed by atoms with Crippen LogP contribution in [0.5, 0.6) is 0 Å². The highest BCUT2D eigenvalue weighted by atomic mass is 79.9. The molecule has 1 aliphatic rings. The van der Waals surface area contributed by atoms with Gasteiger partial charge in [-0.15, -0.1) is 0 Å². The number of amides is 1. The Bertz CT molecular complexity index is 467. The van der Waals surface area contributed by atoms with Crippen LogP contribution in [-0.4, -0.2) is 28.7 Å². The summed E-state index contributed by atoms with van der Waals surface area (Å²) in [5.74, 6) is -1.80. The number of benzene rings is 1. The lowest BCUT2D eigenvalue weighted by Gasteiger charge is -2.29. The van der Waals surface area contributed by atoms with Gasteiger partial charge in [-0.3, -0.25) is 4.79 Å². The molecule has 2 nitrogen and oxygen atoms in total. The molecule has 0 aliphatic carbocycles. The predicted octanol–water partition coefficient (Wildman–Crippen LogP) is 3.74. The Morgan fingerprint density at radius 3 is 2.79 bits per heavy atom. The first-order valence-electron chi connectivity index (χ1n) is 6.45. The lowest BCUT2D eigenvalue weighted by Crippen LogP contribution is -2.41. The van der Waals surface area contributed by atoms with Crippen LogP contribution in [0.4, 0.5) is 8.78 Å². The summed E-state index contributed by atoms with van der Waals surface area (Å²) in [6.07, 6.45) is 4.00. The molecule has 1 aromatic rings. The van der Waals surface area contributed by atoms with Crippen LogP contribution < -0.4 is 0 Å². The molecule has 0 bridgehead atoms. The summed E-state index contributed by atoms with van der Waals surface area (Å²) in [4.78, 5) is 14.1. The highest BCUT2D eigenvalue weighted by Gasteiger charge is 2.27. The Hall–Kier alpha value is -0.970. The van der Waals surface area contributed by atoms with Gasteiger partial charge in [-0.2, -0.15) is 0 Å². The maximum atomic E-state index is 13.7. The minimum absolute atomic E-state index is 0.0470.